The number of halogens is 1. The predicted octanol–water partition coefficient (Wildman–Crippen LogP) is 4.71. The molecule has 2 heterocycles. The molecule has 29 heavy (non-hydrogen) atoms. The monoisotopic (exact) mass is 407 g/mol. The van der Waals surface area contributed by atoms with Crippen LogP contribution < -0.4 is 0 Å². The van der Waals surface area contributed by atoms with Crippen molar-refractivity contribution in [3.05, 3.63) is 105 Å². The maximum Gasteiger partial charge on any atom is 0.290 e. The highest BCUT2D eigenvalue weighted by Gasteiger charge is 2.43. The molecule has 2 aromatic carbocycles. The number of carbonyl (C=O) groups is 2. The Balaban J connectivity index is 1.71. The van der Waals surface area contributed by atoms with E-state index < -0.39 is 23.5 Å². The van der Waals surface area contributed by atoms with Gasteiger partial charge in [-0.1, -0.05) is 48.5 Å². The van der Waals surface area contributed by atoms with Crippen molar-refractivity contribution < 1.29 is 19.1 Å². The average molecular weight is 407 g/mol. The summed E-state index contributed by atoms with van der Waals surface area (Å²) in [7, 11) is 0. The molecular weight excluding hydrogens is 389 g/mol. The van der Waals surface area contributed by atoms with E-state index in [0.717, 1.165) is 5.56 Å². The summed E-state index contributed by atoms with van der Waals surface area (Å²) in [4.78, 5) is 27.9. The lowest BCUT2D eigenvalue weighted by atomic mass is 9.95. The van der Waals surface area contributed by atoms with E-state index in [1.165, 1.54) is 28.4 Å². The van der Waals surface area contributed by atoms with Gasteiger partial charge in [0, 0.05) is 6.54 Å². The van der Waals surface area contributed by atoms with Gasteiger partial charge in [0.05, 0.1) is 16.5 Å². The van der Waals surface area contributed by atoms with E-state index >= 15 is 0 Å². The van der Waals surface area contributed by atoms with Crippen LogP contribution in [0.1, 0.15) is 26.8 Å². The molecule has 0 saturated heterocycles. The van der Waals surface area contributed by atoms with E-state index in [1.807, 2.05) is 30.3 Å². The van der Waals surface area contributed by atoms with Gasteiger partial charge in [0.15, 0.2) is 5.76 Å². The van der Waals surface area contributed by atoms with Crippen molar-refractivity contribution in [2.45, 2.75) is 12.5 Å². The summed E-state index contributed by atoms with van der Waals surface area (Å²) in [5, 5.41) is 12.3. The first-order valence-corrected chi connectivity index (χ1v) is 10.1. The van der Waals surface area contributed by atoms with Crippen LogP contribution in [0.25, 0.3) is 0 Å². The molecule has 1 N–H and O–H groups in total. The molecule has 3 aromatic rings. The Morgan fingerprint density at radius 1 is 1.03 bits per heavy atom. The van der Waals surface area contributed by atoms with Gasteiger partial charge in [-0.25, -0.2) is 4.39 Å². The Morgan fingerprint density at radius 2 is 1.76 bits per heavy atom. The Hall–Kier alpha value is -3.25. The second-order valence-corrected chi connectivity index (χ2v) is 7.70. The van der Waals surface area contributed by atoms with Crippen molar-refractivity contribution in [2.75, 3.05) is 6.54 Å². The molecule has 4 nitrogen and oxygen atoms in total. The molecule has 1 aliphatic heterocycles. The van der Waals surface area contributed by atoms with Gasteiger partial charge in [0.2, 0.25) is 5.78 Å². The van der Waals surface area contributed by atoms with E-state index in [9.17, 15) is 19.1 Å². The number of aliphatic hydroxyl groups is 1. The van der Waals surface area contributed by atoms with Crippen molar-refractivity contribution >= 4 is 23.0 Å². The van der Waals surface area contributed by atoms with E-state index in [2.05, 4.69) is 0 Å². The topological polar surface area (TPSA) is 57.6 Å². The van der Waals surface area contributed by atoms with E-state index in [0.29, 0.717) is 23.4 Å². The maximum absolute atomic E-state index is 13.5. The van der Waals surface area contributed by atoms with Gasteiger partial charge < -0.3 is 10.0 Å². The number of aliphatic hydroxyl groups excluding tert-OH is 1. The third-order valence-electron chi connectivity index (χ3n) is 4.96. The van der Waals surface area contributed by atoms with Crippen molar-refractivity contribution in [2.24, 2.45) is 0 Å². The van der Waals surface area contributed by atoms with Crippen LogP contribution in [-0.4, -0.2) is 28.2 Å². The molecule has 0 saturated carbocycles. The number of hydrogen-bond donors (Lipinski definition) is 1. The third kappa shape index (κ3) is 3.71. The summed E-state index contributed by atoms with van der Waals surface area (Å²) < 4.78 is 13.5. The van der Waals surface area contributed by atoms with Crippen molar-refractivity contribution in [1.82, 2.24) is 4.90 Å². The van der Waals surface area contributed by atoms with Crippen LogP contribution in [0.3, 0.4) is 0 Å². The third-order valence-corrected chi connectivity index (χ3v) is 5.83. The van der Waals surface area contributed by atoms with Gasteiger partial charge in [0.1, 0.15) is 5.82 Å². The molecular formula is C23H18FNO3S. The minimum absolute atomic E-state index is 0.0390. The van der Waals surface area contributed by atoms with Crippen LogP contribution in [-0.2, 0) is 11.2 Å². The molecule has 0 unspecified atom stereocenters. The van der Waals surface area contributed by atoms with Crippen LogP contribution in [0.4, 0.5) is 4.39 Å². The number of hydrogen-bond acceptors (Lipinski definition) is 4. The predicted molar refractivity (Wildman–Crippen MR) is 109 cm³/mol. The number of carbonyl (C=O) groups excluding carboxylic acids is 2. The number of thiophene rings is 1. The Kier molecular flexibility index (Phi) is 5.27. The molecule has 1 atom stereocenters. The van der Waals surface area contributed by atoms with Gasteiger partial charge in [-0.05, 0) is 41.1 Å². The minimum atomic E-state index is -0.763. The first-order chi connectivity index (χ1) is 14.1. The first kappa shape index (κ1) is 19.1. The lowest BCUT2D eigenvalue weighted by Crippen LogP contribution is -2.33. The lowest BCUT2D eigenvalue weighted by molar-refractivity contribution is -0.129. The quantitative estimate of drug-likeness (QED) is 0.602. The largest absolute Gasteiger partial charge is 0.503 e. The maximum atomic E-state index is 13.5. The molecule has 6 heteroatoms. The molecule has 0 aliphatic carbocycles. The standard InChI is InChI=1S/C23H18FNO3S/c24-17-10-8-16(9-11-17)20-19(21(26)18-7-4-14-29-18)22(27)23(28)25(20)13-12-15-5-2-1-3-6-15/h1-11,14,20,27H,12-13H2/t20-/m1/s1. The SMILES string of the molecule is O=C(C1=C(O)C(=O)N(CCc2ccccc2)[C@@H]1c1ccc(F)cc1)c1cccs1. The summed E-state index contributed by atoms with van der Waals surface area (Å²) in [5.74, 6) is -1.92. The van der Waals surface area contributed by atoms with Crippen LogP contribution in [0, 0.1) is 5.82 Å². The van der Waals surface area contributed by atoms with E-state index in [1.54, 1.807) is 29.6 Å². The van der Waals surface area contributed by atoms with Gasteiger partial charge >= 0.3 is 0 Å². The zero-order chi connectivity index (χ0) is 20.4. The summed E-state index contributed by atoms with van der Waals surface area (Å²) >= 11 is 1.25. The minimum Gasteiger partial charge on any atom is -0.503 e. The van der Waals surface area contributed by atoms with Crippen LogP contribution in [0.2, 0.25) is 0 Å². The van der Waals surface area contributed by atoms with Gasteiger partial charge in [-0.15, -0.1) is 11.3 Å². The number of benzene rings is 2. The van der Waals surface area contributed by atoms with Gasteiger partial charge in [-0.2, -0.15) is 0 Å². The molecule has 146 valence electrons. The van der Waals surface area contributed by atoms with Crippen molar-refractivity contribution in [3.8, 4) is 0 Å². The van der Waals surface area contributed by atoms with Crippen LogP contribution >= 0.6 is 11.3 Å². The normalized spacial score (nSPS) is 16.5. The molecule has 0 radical (unpaired) electrons. The highest BCUT2D eigenvalue weighted by atomic mass is 32.1. The molecule has 1 amide bonds. The average Bonchev–Trinajstić information content (AvgIpc) is 3.36. The lowest BCUT2D eigenvalue weighted by Gasteiger charge is -2.27. The molecule has 0 fully saturated rings. The van der Waals surface area contributed by atoms with E-state index in [4.69, 9.17) is 0 Å². The van der Waals surface area contributed by atoms with Crippen LogP contribution in [0.5, 0.6) is 0 Å². The van der Waals surface area contributed by atoms with Crippen molar-refractivity contribution in [3.63, 3.8) is 0 Å². The molecule has 0 bridgehead atoms. The smallest absolute Gasteiger partial charge is 0.290 e. The van der Waals surface area contributed by atoms with E-state index in [-0.39, 0.29) is 11.4 Å². The fourth-order valence-electron chi connectivity index (χ4n) is 3.54. The second kappa shape index (κ2) is 8.01. The number of nitrogens with zero attached hydrogens (tertiary/aromatic N) is 1. The number of rotatable bonds is 6. The zero-order valence-electron chi connectivity index (χ0n) is 15.4. The summed E-state index contributed by atoms with van der Waals surface area (Å²) in [6.07, 6.45) is 0.567. The highest BCUT2D eigenvalue weighted by molar-refractivity contribution is 7.12. The second-order valence-electron chi connectivity index (χ2n) is 6.76. The number of amides is 1. The van der Waals surface area contributed by atoms with Gasteiger partial charge in [0.25, 0.3) is 5.91 Å². The Labute approximate surface area is 171 Å². The number of Topliss-reactive ketones (excluding diaryl/α,β-unsaturated/α-hetero) is 1. The molecule has 4 rings (SSSR count). The fraction of sp³-hybridized carbons (Fsp3) is 0.130. The fourth-order valence-corrected chi connectivity index (χ4v) is 4.22. The van der Waals surface area contributed by atoms with Crippen molar-refractivity contribution in [1.29, 1.82) is 0 Å². The first-order valence-electron chi connectivity index (χ1n) is 9.18. The molecule has 1 aromatic heterocycles. The summed E-state index contributed by atoms with van der Waals surface area (Å²) in [6, 6.07) is 18.0. The zero-order valence-corrected chi connectivity index (χ0v) is 16.2. The highest BCUT2D eigenvalue weighted by Crippen LogP contribution is 2.39. The van der Waals surface area contributed by atoms with Gasteiger partial charge in [-0.3, -0.25) is 9.59 Å². The summed E-state index contributed by atoms with van der Waals surface area (Å²) in [6.45, 7) is 0.316. The molecule has 0 spiro atoms. The number of ketones is 1. The Bertz CT molecular complexity index is 1060. The Morgan fingerprint density at radius 3 is 2.41 bits per heavy atom. The summed E-state index contributed by atoms with van der Waals surface area (Å²) in [5.41, 5.74) is 1.66. The molecule has 1 aliphatic rings. The van der Waals surface area contributed by atoms with Crippen LogP contribution in [0.15, 0.2) is 83.4 Å².